The lowest BCUT2D eigenvalue weighted by Gasteiger charge is -2.03. The third kappa shape index (κ3) is 2.10. The molecule has 0 aromatic carbocycles. The molecule has 0 fully saturated rings. The highest BCUT2D eigenvalue weighted by Gasteiger charge is 2.33. The van der Waals surface area contributed by atoms with Crippen molar-refractivity contribution in [1.29, 1.82) is 5.26 Å². The largest absolute Gasteiger partial charge is 0.435 e. The van der Waals surface area contributed by atoms with E-state index in [-0.39, 0.29) is 11.3 Å². The van der Waals surface area contributed by atoms with Crippen LogP contribution >= 0.6 is 0 Å². The molecule has 2 heterocycles. The van der Waals surface area contributed by atoms with Crippen molar-refractivity contribution in [3.63, 3.8) is 0 Å². The van der Waals surface area contributed by atoms with Gasteiger partial charge in [0.2, 0.25) is 0 Å². The van der Waals surface area contributed by atoms with Gasteiger partial charge in [0.15, 0.2) is 5.69 Å². The first-order valence-electron chi connectivity index (χ1n) is 4.50. The van der Waals surface area contributed by atoms with Crippen LogP contribution in [0.3, 0.4) is 0 Å². The van der Waals surface area contributed by atoms with Crippen LogP contribution in [0.2, 0.25) is 0 Å². The Hall–Kier alpha value is -2.36. The Morgan fingerprint density at radius 3 is 2.65 bits per heavy atom. The van der Waals surface area contributed by atoms with Gasteiger partial charge in [-0.25, -0.2) is 4.68 Å². The molecule has 0 aliphatic rings. The molecule has 0 saturated carbocycles. The van der Waals surface area contributed by atoms with Crippen molar-refractivity contribution >= 4 is 0 Å². The van der Waals surface area contributed by atoms with E-state index >= 15 is 0 Å². The van der Waals surface area contributed by atoms with Gasteiger partial charge in [0.1, 0.15) is 11.8 Å². The third-order valence-corrected chi connectivity index (χ3v) is 2.05. The van der Waals surface area contributed by atoms with Gasteiger partial charge in [-0.2, -0.15) is 23.5 Å². The number of rotatable bonds is 1. The normalized spacial score (nSPS) is 11.2. The van der Waals surface area contributed by atoms with Crippen molar-refractivity contribution in [2.75, 3.05) is 0 Å². The lowest BCUT2D eigenvalue weighted by Crippen LogP contribution is -2.07. The van der Waals surface area contributed by atoms with Crippen molar-refractivity contribution in [2.45, 2.75) is 6.18 Å². The molecule has 0 radical (unpaired) electrons. The van der Waals surface area contributed by atoms with E-state index in [2.05, 4.69) is 10.1 Å². The summed E-state index contributed by atoms with van der Waals surface area (Å²) >= 11 is 0. The Morgan fingerprint density at radius 1 is 1.29 bits per heavy atom. The van der Waals surface area contributed by atoms with Gasteiger partial charge in [0, 0.05) is 12.4 Å². The maximum absolute atomic E-state index is 12.3. The number of pyridine rings is 1. The maximum Gasteiger partial charge on any atom is 0.435 e. The van der Waals surface area contributed by atoms with E-state index in [0.717, 1.165) is 16.9 Å². The van der Waals surface area contributed by atoms with Gasteiger partial charge in [-0.15, -0.1) is 0 Å². The summed E-state index contributed by atoms with van der Waals surface area (Å²) in [5.74, 6) is 0. The fourth-order valence-corrected chi connectivity index (χ4v) is 1.27. The summed E-state index contributed by atoms with van der Waals surface area (Å²) in [7, 11) is 0. The molecule has 0 atom stereocenters. The van der Waals surface area contributed by atoms with Crippen molar-refractivity contribution < 1.29 is 13.2 Å². The van der Waals surface area contributed by atoms with Crippen LogP contribution in [0.5, 0.6) is 0 Å². The van der Waals surface area contributed by atoms with Gasteiger partial charge in [-0.1, -0.05) is 0 Å². The number of nitrogens with zero attached hydrogens (tertiary/aromatic N) is 4. The summed E-state index contributed by atoms with van der Waals surface area (Å²) in [6.45, 7) is 0. The molecule has 2 aromatic heterocycles. The standard InChI is InChI=1S/C10H5F3N4/c11-10(12,13)9-2-4-17(16-9)8-6-15-3-1-7(8)5-14/h1-4,6H. The quantitative estimate of drug-likeness (QED) is 0.764. The monoisotopic (exact) mass is 238 g/mol. The van der Waals surface area contributed by atoms with Crippen LogP contribution in [-0.4, -0.2) is 14.8 Å². The molecule has 86 valence electrons. The average Bonchev–Trinajstić information content (AvgIpc) is 2.77. The average molecular weight is 238 g/mol. The van der Waals surface area contributed by atoms with Gasteiger partial charge < -0.3 is 0 Å². The lowest BCUT2D eigenvalue weighted by atomic mass is 10.2. The molecule has 0 amide bonds. The fraction of sp³-hybridized carbons (Fsp3) is 0.100. The Balaban J connectivity index is 2.49. The molecule has 4 nitrogen and oxygen atoms in total. The highest BCUT2D eigenvalue weighted by atomic mass is 19.4. The summed E-state index contributed by atoms with van der Waals surface area (Å²) in [6.07, 6.45) is -0.692. The molecule has 17 heavy (non-hydrogen) atoms. The Bertz CT molecular complexity index is 580. The zero-order valence-electron chi connectivity index (χ0n) is 8.31. The van der Waals surface area contributed by atoms with Crippen LogP contribution in [0.4, 0.5) is 13.2 Å². The van der Waals surface area contributed by atoms with E-state index in [0.29, 0.717) is 0 Å². The minimum absolute atomic E-state index is 0.205. The molecular weight excluding hydrogens is 233 g/mol. The second-order valence-electron chi connectivity index (χ2n) is 3.15. The Labute approximate surface area is 93.9 Å². The molecule has 0 aliphatic heterocycles. The topological polar surface area (TPSA) is 54.5 Å². The first-order valence-corrected chi connectivity index (χ1v) is 4.50. The van der Waals surface area contributed by atoms with E-state index in [1.54, 1.807) is 0 Å². The molecule has 0 N–H and O–H groups in total. The number of aromatic nitrogens is 3. The van der Waals surface area contributed by atoms with Gasteiger partial charge >= 0.3 is 6.18 Å². The summed E-state index contributed by atoms with van der Waals surface area (Å²) < 4.78 is 38.0. The molecule has 0 saturated heterocycles. The molecule has 0 unspecified atom stereocenters. The summed E-state index contributed by atoms with van der Waals surface area (Å²) in [4.78, 5) is 3.75. The van der Waals surface area contributed by atoms with E-state index in [9.17, 15) is 13.2 Å². The Kier molecular flexibility index (Phi) is 2.55. The van der Waals surface area contributed by atoms with Gasteiger partial charge in [0.05, 0.1) is 11.8 Å². The highest BCUT2D eigenvalue weighted by Crippen LogP contribution is 2.28. The summed E-state index contributed by atoms with van der Waals surface area (Å²) in [5.41, 5.74) is -0.590. The van der Waals surface area contributed by atoms with Crippen LogP contribution in [0.15, 0.2) is 30.7 Å². The van der Waals surface area contributed by atoms with Gasteiger partial charge in [0.25, 0.3) is 0 Å². The predicted molar refractivity (Wildman–Crippen MR) is 51.1 cm³/mol. The number of halogens is 3. The minimum Gasteiger partial charge on any atom is -0.262 e. The van der Waals surface area contributed by atoms with Crippen LogP contribution in [0.1, 0.15) is 11.3 Å². The van der Waals surface area contributed by atoms with Gasteiger partial charge in [-0.05, 0) is 12.1 Å². The van der Waals surface area contributed by atoms with Crippen molar-refractivity contribution in [1.82, 2.24) is 14.8 Å². The van der Waals surface area contributed by atoms with E-state index in [1.165, 1.54) is 18.5 Å². The van der Waals surface area contributed by atoms with Crippen LogP contribution in [-0.2, 0) is 6.18 Å². The molecule has 0 bridgehead atoms. The van der Waals surface area contributed by atoms with Crippen LogP contribution in [0.25, 0.3) is 5.69 Å². The zero-order valence-corrected chi connectivity index (χ0v) is 8.31. The lowest BCUT2D eigenvalue weighted by molar-refractivity contribution is -0.141. The summed E-state index contributed by atoms with van der Waals surface area (Å²) in [6, 6.07) is 4.11. The molecular formula is C10H5F3N4. The van der Waals surface area contributed by atoms with Crippen molar-refractivity contribution in [3.05, 3.63) is 42.0 Å². The first-order chi connectivity index (χ1) is 8.02. The maximum atomic E-state index is 12.3. The Morgan fingerprint density at radius 2 is 2.06 bits per heavy atom. The predicted octanol–water partition coefficient (Wildman–Crippen LogP) is 2.16. The second-order valence-corrected chi connectivity index (χ2v) is 3.15. The van der Waals surface area contributed by atoms with E-state index < -0.39 is 11.9 Å². The van der Waals surface area contributed by atoms with Gasteiger partial charge in [-0.3, -0.25) is 4.98 Å². The fourth-order valence-electron chi connectivity index (χ4n) is 1.27. The zero-order chi connectivity index (χ0) is 12.5. The molecule has 2 rings (SSSR count). The number of alkyl halides is 3. The molecule has 0 aliphatic carbocycles. The number of hydrogen-bond acceptors (Lipinski definition) is 3. The molecule has 7 heteroatoms. The smallest absolute Gasteiger partial charge is 0.262 e. The van der Waals surface area contributed by atoms with E-state index in [4.69, 9.17) is 5.26 Å². The first kappa shape index (κ1) is 11.1. The number of nitriles is 1. The SMILES string of the molecule is N#Cc1ccncc1-n1ccc(C(F)(F)F)n1. The van der Waals surface area contributed by atoms with Crippen molar-refractivity contribution in [3.8, 4) is 11.8 Å². The van der Waals surface area contributed by atoms with Crippen LogP contribution < -0.4 is 0 Å². The minimum atomic E-state index is -4.50. The van der Waals surface area contributed by atoms with Crippen LogP contribution in [0, 0.1) is 11.3 Å². The highest BCUT2D eigenvalue weighted by molar-refractivity contribution is 5.45. The second kappa shape index (κ2) is 3.90. The molecule has 0 spiro atoms. The third-order valence-electron chi connectivity index (χ3n) is 2.05. The number of hydrogen-bond donors (Lipinski definition) is 0. The van der Waals surface area contributed by atoms with Crippen molar-refractivity contribution in [2.24, 2.45) is 0 Å². The van der Waals surface area contributed by atoms with E-state index in [1.807, 2.05) is 6.07 Å². The molecule has 2 aromatic rings. The summed E-state index contributed by atoms with van der Waals surface area (Å²) in [5, 5.41) is 12.2.